The summed E-state index contributed by atoms with van der Waals surface area (Å²) in [4.78, 5) is 12.4. The third kappa shape index (κ3) is 5.13. The molecule has 1 heterocycles. The monoisotopic (exact) mass is 420 g/mol. The maximum atomic E-state index is 12.7. The number of carbonyl (C=O) groups is 1. The number of hydrogen-bond donors (Lipinski definition) is 1. The van der Waals surface area contributed by atoms with Crippen molar-refractivity contribution < 1.29 is 13.2 Å². The predicted octanol–water partition coefficient (Wildman–Crippen LogP) is 4.33. The van der Waals surface area contributed by atoms with Gasteiger partial charge in [-0.1, -0.05) is 36.7 Å². The Morgan fingerprint density at radius 3 is 2.39 bits per heavy atom. The molecule has 1 fully saturated rings. The van der Waals surface area contributed by atoms with Gasteiger partial charge in [-0.05, 0) is 61.1 Å². The van der Waals surface area contributed by atoms with E-state index in [0.717, 1.165) is 18.4 Å². The van der Waals surface area contributed by atoms with Crippen LogP contribution in [0.5, 0.6) is 0 Å². The van der Waals surface area contributed by atoms with E-state index in [9.17, 15) is 13.2 Å². The number of amides is 1. The number of rotatable bonds is 6. The van der Waals surface area contributed by atoms with Gasteiger partial charge in [0.1, 0.15) is 0 Å². The first-order valence-electron chi connectivity index (χ1n) is 9.50. The maximum Gasteiger partial charge on any atom is 0.243 e. The number of piperidine rings is 1. The SMILES string of the molecule is CC1CCN(S(=O)(=O)c2ccc(NC(=O)CCc3ccccc3Cl)cc2)CC1. The van der Waals surface area contributed by atoms with Gasteiger partial charge in [0.25, 0.3) is 0 Å². The van der Waals surface area contributed by atoms with Crippen LogP contribution in [-0.4, -0.2) is 31.7 Å². The number of hydrogen-bond acceptors (Lipinski definition) is 3. The van der Waals surface area contributed by atoms with Gasteiger partial charge in [0.2, 0.25) is 15.9 Å². The number of carbonyl (C=O) groups excluding carboxylic acids is 1. The predicted molar refractivity (Wildman–Crippen MR) is 112 cm³/mol. The maximum absolute atomic E-state index is 12.7. The lowest BCUT2D eigenvalue weighted by molar-refractivity contribution is -0.116. The summed E-state index contributed by atoms with van der Waals surface area (Å²) in [6.07, 6.45) is 2.62. The minimum Gasteiger partial charge on any atom is -0.326 e. The van der Waals surface area contributed by atoms with E-state index in [4.69, 9.17) is 11.6 Å². The molecule has 0 saturated carbocycles. The fraction of sp³-hybridized carbons (Fsp3) is 0.381. The van der Waals surface area contributed by atoms with Crippen molar-refractivity contribution in [2.75, 3.05) is 18.4 Å². The molecule has 1 saturated heterocycles. The standard InChI is InChI=1S/C21H25ClN2O3S/c1-16-12-14-24(15-13-16)28(26,27)19-9-7-18(8-10-19)23-21(25)11-6-17-4-2-3-5-20(17)22/h2-5,7-10,16H,6,11-15H2,1H3,(H,23,25). The van der Waals surface area contributed by atoms with Crippen LogP contribution in [0.3, 0.4) is 0 Å². The Balaban J connectivity index is 1.58. The number of anilines is 1. The van der Waals surface area contributed by atoms with Gasteiger partial charge in [-0.3, -0.25) is 4.79 Å². The summed E-state index contributed by atoms with van der Waals surface area (Å²) in [7, 11) is -3.48. The average molecular weight is 421 g/mol. The third-order valence-electron chi connectivity index (χ3n) is 5.10. The Morgan fingerprint density at radius 1 is 1.11 bits per heavy atom. The Labute approximate surface area is 171 Å². The molecule has 2 aromatic carbocycles. The fourth-order valence-corrected chi connectivity index (χ4v) is 4.96. The molecule has 0 unspecified atom stereocenters. The van der Waals surface area contributed by atoms with E-state index in [0.29, 0.717) is 42.6 Å². The first-order chi connectivity index (χ1) is 13.4. The molecular weight excluding hydrogens is 396 g/mol. The molecule has 0 radical (unpaired) electrons. The highest BCUT2D eigenvalue weighted by molar-refractivity contribution is 7.89. The molecule has 28 heavy (non-hydrogen) atoms. The van der Waals surface area contributed by atoms with E-state index in [1.807, 2.05) is 18.2 Å². The first kappa shape index (κ1) is 20.8. The second-order valence-corrected chi connectivity index (χ2v) is 9.60. The number of benzene rings is 2. The molecule has 0 aromatic heterocycles. The molecule has 1 aliphatic heterocycles. The van der Waals surface area contributed by atoms with E-state index in [1.54, 1.807) is 34.6 Å². The van der Waals surface area contributed by atoms with Crippen molar-refractivity contribution in [1.29, 1.82) is 0 Å². The van der Waals surface area contributed by atoms with Gasteiger partial charge in [-0.15, -0.1) is 0 Å². The highest BCUT2D eigenvalue weighted by Gasteiger charge is 2.27. The molecule has 1 N–H and O–H groups in total. The zero-order chi connectivity index (χ0) is 20.1. The molecule has 2 aromatic rings. The Kier molecular flexibility index (Phi) is 6.75. The Hall–Kier alpha value is -1.89. The second-order valence-electron chi connectivity index (χ2n) is 7.25. The van der Waals surface area contributed by atoms with Crippen molar-refractivity contribution in [3.63, 3.8) is 0 Å². The van der Waals surface area contributed by atoms with Crippen molar-refractivity contribution in [1.82, 2.24) is 4.31 Å². The van der Waals surface area contributed by atoms with Crippen LogP contribution in [0.2, 0.25) is 5.02 Å². The molecule has 5 nitrogen and oxygen atoms in total. The summed E-state index contributed by atoms with van der Waals surface area (Å²) in [5, 5.41) is 3.46. The van der Waals surface area contributed by atoms with Crippen molar-refractivity contribution in [3.8, 4) is 0 Å². The topological polar surface area (TPSA) is 66.5 Å². The van der Waals surface area contributed by atoms with Crippen LogP contribution >= 0.6 is 11.6 Å². The summed E-state index contributed by atoms with van der Waals surface area (Å²) >= 11 is 6.11. The fourth-order valence-electron chi connectivity index (χ4n) is 3.26. The van der Waals surface area contributed by atoms with E-state index in [1.165, 1.54) is 0 Å². The lowest BCUT2D eigenvalue weighted by Gasteiger charge is -2.29. The van der Waals surface area contributed by atoms with Crippen LogP contribution in [0.25, 0.3) is 0 Å². The van der Waals surface area contributed by atoms with Gasteiger partial charge < -0.3 is 5.32 Å². The van der Waals surface area contributed by atoms with Crippen LogP contribution < -0.4 is 5.32 Å². The van der Waals surface area contributed by atoms with Crippen molar-refractivity contribution >= 4 is 33.2 Å². The summed E-state index contributed by atoms with van der Waals surface area (Å²) in [5.74, 6) is 0.426. The van der Waals surface area contributed by atoms with E-state index in [2.05, 4.69) is 12.2 Å². The minimum atomic E-state index is -3.48. The summed E-state index contributed by atoms with van der Waals surface area (Å²) in [6, 6.07) is 13.8. The molecule has 0 atom stereocenters. The highest BCUT2D eigenvalue weighted by atomic mass is 35.5. The quantitative estimate of drug-likeness (QED) is 0.756. The Bertz CT molecular complexity index is 921. The molecule has 0 aliphatic carbocycles. The summed E-state index contributed by atoms with van der Waals surface area (Å²) < 4.78 is 27.0. The van der Waals surface area contributed by atoms with Crippen LogP contribution in [0.15, 0.2) is 53.4 Å². The zero-order valence-corrected chi connectivity index (χ0v) is 17.5. The molecule has 1 aliphatic rings. The van der Waals surface area contributed by atoms with Crippen LogP contribution in [-0.2, 0) is 21.2 Å². The van der Waals surface area contributed by atoms with Crippen molar-refractivity contribution in [3.05, 3.63) is 59.1 Å². The number of sulfonamides is 1. The van der Waals surface area contributed by atoms with E-state index in [-0.39, 0.29) is 10.8 Å². The minimum absolute atomic E-state index is 0.138. The number of nitrogens with one attached hydrogen (secondary N) is 1. The molecule has 7 heteroatoms. The van der Waals surface area contributed by atoms with E-state index >= 15 is 0 Å². The smallest absolute Gasteiger partial charge is 0.243 e. The lowest BCUT2D eigenvalue weighted by atomic mass is 10.0. The highest BCUT2D eigenvalue weighted by Crippen LogP contribution is 2.24. The lowest BCUT2D eigenvalue weighted by Crippen LogP contribution is -2.37. The van der Waals surface area contributed by atoms with Crippen molar-refractivity contribution in [2.24, 2.45) is 5.92 Å². The van der Waals surface area contributed by atoms with E-state index < -0.39 is 10.0 Å². The zero-order valence-electron chi connectivity index (χ0n) is 15.9. The summed E-state index contributed by atoms with van der Waals surface area (Å²) in [6.45, 7) is 3.27. The summed E-state index contributed by atoms with van der Waals surface area (Å²) in [5.41, 5.74) is 1.51. The molecule has 3 rings (SSSR count). The van der Waals surface area contributed by atoms with Gasteiger partial charge in [-0.2, -0.15) is 4.31 Å². The normalized spacial score (nSPS) is 16.1. The van der Waals surface area contributed by atoms with Gasteiger partial charge >= 0.3 is 0 Å². The van der Waals surface area contributed by atoms with Crippen LogP contribution in [0, 0.1) is 5.92 Å². The van der Waals surface area contributed by atoms with Gasteiger partial charge in [0.05, 0.1) is 4.90 Å². The average Bonchev–Trinajstić information content (AvgIpc) is 2.68. The Morgan fingerprint density at radius 2 is 1.75 bits per heavy atom. The molecule has 1 amide bonds. The van der Waals surface area contributed by atoms with Gasteiger partial charge in [-0.25, -0.2) is 8.42 Å². The number of nitrogens with zero attached hydrogens (tertiary/aromatic N) is 1. The number of halogens is 1. The molecular formula is C21H25ClN2O3S. The third-order valence-corrected chi connectivity index (χ3v) is 7.38. The van der Waals surface area contributed by atoms with Gasteiger partial charge in [0, 0.05) is 30.2 Å². The molecule has 150 valence electrons. The molecule has 0 spiro atoms. The largest absolute Gasteiger partial charge is 0.326 e. The first-order valence-corrected chi connectivity index (χ1v) is 11.3. The van der Waals surface area contributed by atoms with Crippen molar-refractivity contribution in [2.45, 2.75) is 37.5 Å². The van der Waals surface area contributed by atoms with Crippen LogP contribution in [0.1, 0.15) is 31.7 Å². The van der Waals surface area contributed by atoms with Crippen LogP contribution in [0.4, 0.5) is 5.69 Å². The number of aryl methyl sites for hydroxylation is 1. The second kappa shape index (κ2) is 9.07. The van der Waals surface area contributed by atoms with Gasteiger partial charge in [0.15, 0.2) is 0 Å². The molecule has 0 bridgehead atoms.